The SMILES string of the molecule is CCCN(C(C)C)S(=O)(=O)c1ccc(Br)c(C)c1. The summed E-state index contributed by atoms with van der Waals surface area (Å²) in [6.45, 7) is 8.23. The molecule has 1 aromatic carbocycles. The van der Waals surface area contributed by atoms with Crippen LogP contribution in [0, 0.1) is 6.92 Å². The van der Waals surface area contributed by atoms with Crippen molar-refractivity contribution in [2.24, 2.45) is 0 Å². The first-order valence-corrected chi connectivity index (χ1v) is 8.32. The molecule has 0 atom stereocenters. The van der Waals surface area contributed by atoms with Gasteiger partial charge in [-0.2, -0.15) is 4.31 Å². The maximum absolute atomic E-state index is 12.5. The van der Waals surface area contributed by atoms with Crippen LogP contribution < -0.4 is 0 Å². The Morgan fingerprint density at radius 1 is 1.33 bits per heavy atom. The molecule has 0 saturated heterocycles. The Labute approximate surface area is 118 Å². The molecule has 0 unspecified atom stereocenters. The van der Waals surface area contributed by atoms with Crippen molar-refractivity contribution in [3.05, 3.63) is 28.2 Å². The highest BCUT2D eigenvalue weighted by molar-refractivity contribution is 9.10. The molecule has 0 spiro atoms. The summed E-state index contributed by atoms with van der Waals surface area (Å²) in [7, 11) is -3.39. The molecule has 0 heterocycles. The van der Waals surface area contributed by atoms with Gasteiger partial charge in [0.25, 0.3) is 0 Å². The predicted molar refractivity (Wildman–Crippen MR) is 78.2 cm³/mol. The first kappa shape index (κ1) is 15.7. The molecule has 0 aliphatic heterocycles. The van der Waals surface area contributed by atoms with Crippen LogP contribution in [-0.4, -0.2) is 25.3 Å². The lowest BCUT2D eigenvalue weighted by Gasteiger charge is -2.25. The summed E-state index contributed by atoms with van der Waals surface area (Å²) in [4.78, 5) is 0.366. The van der Waals surface area contributed by atoms with Gasteiger partial charge < -0.3 is 0 Å². The summed E-state index contributed by atoms with van der Waals surface area (Å²) in [5.74, 6) is 0. The van der Waals surface area contributed by atoms with Crippen LogP contribution in [0.5, 0.6) is 0 Å². The monoisotopic (exact) mass is 333 g/mol. The van der Waals surface area contributed by atoms with Gasteiger partial charge >= 0.3 is 0 Å². The molecule has 18 heavy (non-hydrogen) atoms. The molecule has 102 valence electrons. The lowest BCUT2D eigenvalue weighted by molar-refractivity contribution is 0.354. The summed E-state index contributed by atoms with van der Waals surface area (Å²) >= 11 is 3.38. The zero-order valence-corrected chi connectivity index (χ0v) is 13.7. The van der Waals surface area contributed by atoms with E-state index in [4.69, 9.17) is 0 Å². The van der Waals surface area contributed by atoms with Gasteiger partial charge in [-0.25, -0.2) is 8.42 Å². The zero-order chi connectivity index (χ0) is 13.9. The Kier molecular flexibility index (Phi) is 5.37. The number of benzene rings is 1. The molecule has 0 aliphatic carbocycles. The molecule has 5 heteroatoms. The molecule has 0 saturated carbocycles. The highest BCUT2D eigenvalue weighted by Crippen LogP contribution is 2.23. The van der Waals surface area contributed by atoms with Crippen LogP contribution in [0.15, 0.2) is 27.6 Å². The minimum absolute atomic E-state index is 0.0288. The maximum atomic E-state index is 12.5. The fraction of sp³-hybridized carbons (Fsp3) is 0.538. The van der Waals surface area contributed by atoms with Gasteiger partial charge in [0.2, 0.25) is 10.0 Å². The molecule has 0 aromatic heterocycles. The first-order valence-electron chi connectivity index (χ1n) is 6.08. The van der Waals surface area contributed by atoms with Crippen LogP contribution in [0.25, 0.3) is 0 Å². The highest BCUT2D eigenvalue weighted by Gasteiger charge is 2.26. The van der Waals surface area contributed by atoms with Crippen molar-refractivity contribution in [3.8, 4) is 0 Å². The lowest BCUT2D eigenvalue weighted by Crippen LogP contribution is -2.37. The van der Waals surface area contributed by atoms with Gasteiger partial charge in [0, 0.05) is 17.1 Å². The second kappa shape index (κ2) is 6.17. The van der Waals surface area contributed by atoms with Crippen molar-refractivity contribution in [2.45, 2.75) is 45.1 Å². The minimum Gasteiger partial charge on any atom is -0.207 e. The summed E-state index contributed by atoms with van der Waals surface area (Å²) in [6.07, 6.45) is 0.812. The van der Waals surface area contributed by atoms with Crippen molar-refractivity contribution in [3.63, 3.8) is 0 Å². The van der Waals surface area contributed by atoms with Gasteiger partial charge in [-0.1, -0.05) is 22.9 Å². The van der Waals surface area contributed by atoms with Gasteiger partial charge in [-0.15, -0.1) is 0 Å². The molecule has 0 N–H and O–H groups in total. The topological polar surface area (TPSA) is 37.4 Å². The molecule has 1 aromatic rings. The van der Waals surface area contributed by atoms with E-state index in [-0.39, 0.29) is 6.04 Å². The van der Waals surface area contributed by atoms with Gasteiger partial charge in [-0.05, 0) is 51.0 Å². The van der Waals surface area contributed by atoms with E-state index < -0.39 is 10.0 Å². The number of halogens is 1. The fourth-order valence-electron chi connectivity index (χ4n) is 1.79. The van der Waals surface area contributed by atoms with Crippen LogP contribution in [0.2, 0.25) is 0 Å². The van der Waals surface area contributed by atoms with E-state index in [0.29, 0.717) is 11.4 Å². The zero-order valence-electron chi connectivity index (χ0n) is 11.3. The molecule has 0 bridgehead atoms. The smallest absolute Gasteiger partial charge is 0.207 e. The Morgan fingerprint density at radius 3 is 2.39 bits per heavy atom. The molecular formula is C13H20BrNO2S. The quantitative estimate of drug-likeness (QED) is 0.826. The van der Waals surface area contributed by atoms with E-state index in [1.807, 2.05) is 27.7 Å². The van der Waals surface area contributed by atoms with Crippen molar-refractivity contribution in [2.75, 3.05) is 6.54 Å². The third kappa shape index (κ3) is 3.33. The second-order valence-corrected chi connectivity index (χ2v) is 7.37. The van der Waals surface area contributed by atoms with Gasteiger partial charge in [0.1, 0.15) is 0 Å². The van der Waals surface area contributed by atoms with E-state index >= 15 is 0 Å². The number of hydrogen-bond acceptors (Lipinski definition) is 2. The third-order valence-electron chi connectivity index (χ3n) is 2.76. The van der Waals surface area contributed by atoms with Crippen LogP contribution in [-0.2, 0) is 10.0 Å². The van der Waals surface area contributed by atoms with E-state index in [1.165, 1.54) is 0 Å². The Bertz CT molecular complexity index is 512. The first-order chi connectivity index (χ1) is 8.30. The van der Waals surface area contributed by atoms with Gasteiger partial charge in [-0.3, -0.25) is 0 Å². The minimum atomic E-state index is -3.39. The van der Waals surface area contributed by atoms with E-state index in [1.54, 1.807) is 22.5 Å². The highest BCUT2D eigenvalue weighted by atomic mass is 79.9. The number of rotatable bonds is 5. The van der Waals surface area contributed by atoms with E-state index in [9.17, 15) is 8.42 Å². The van der Waals surface area contributed by atoms with E-state index in [0.717, 1.165) is 16.5 Å². The number of aryl methyl sites for hydroxylation is 1. The normalized spacial score (nSPS) is 12.4. The van der Waals surface area contributed by atoms with Crippen LogP contribution in [0.4, 0.5) is 0 Å². The molecule has 3 nitrogen and oxygen atoms in total. The van der Waals surface area contributed by atoms with Crippen molar-refractivity contribution in [1.29, 1.82) is 0 Å². The van der Waals surface area contributed by atoms with Crippen molar-refractivity contribution < 1.29 is 8.42 Å². The molecule has 0 aliphatic rings. The lowest BCUT2D eigenvalue weighted by atomic mass is 10.2. The van der Waals surface area contributed by atoms with Gasteiger partial charge in [0.05, 0.1) is 4.90 Å². The third-order valence-corrected chi connectivity index (χ3v) is 5.72. The van der Waals surface area contributed by atoms with Gasteiger partial charge in [0.15, 0.2) is 0 Å². The Hall–Kier alpha value is -0.390. The molecule has 0 radical (unpaired) electrons. The van der Waals surface area contributed by atoms with Crippen LogP contribution in [0.1, 0.15) is 32.8 Å². The number of nitrogens with zero attached hydrogens (tertiary/aromatic N) is 1. The second-order valence-electron chi connectivity index (χ2n) is 4.62. The average Bonchev–Trinajstić information content (AvgIpc) is 2.28. The fourth-order valence-corrected chi connectivity index (χ4v) is 3.85. The molecule has 1 rings (SSSR count). The largest absolute Gasteiger partial charge is 0.243 e. The number of hydrogen-bond donors (Lipinski definition) is 0. The summed E-state index contributed by atoms with van der Waals surface area (Å²) in [6, 6.07) is 5.12. The van der Waals surface area contributed by atoms with Crippen molar-refractivity contribution in [1.82, 2.24) is 4.31 Å². The maximum Gasteiger partial charge on any atom is 0.243 e. The Morgan fingerprint density at radius 2 is 1.94 bits per heavy atom. The van der Waals surface area contributed by atoms with Crippen LogP contribution >= 0.6 is 15.9 Å². The summed E-state index contributed by atoms with van der Waals surface area (Å²) < 4.78 is 27.6. The number of sulfonamides is 1. The molecule has 0 amide bonds. The van der Waals surface area contributed by atoms with Crippen molar-refractivity contribution >= 4 is 26.0 Å². The average molecular weight is 334 g/mol. The Balaban J connectivity index is 3.22. The summed E-state index contributed by atoms with van der Waals surface area (Å²) in [5, 5.41) is 0. The molecule has 0 fully saturated rings. The molecular weight excluding hydrogens is 314 g/mol. The summed E-state index contributed by atoms with van der Waals surface area (Å²) in [5.41, 5.74) is 0.927. The standard InChI is InChI=1S/C13H20BrNO2S/c1-5-8-15(10(2)3)18(16,17)12-6-7-13(14)11(4)9-12/h6-7,9-10H,5,8H2,1-4H3. The predicted octanol–water partition coefficient (Wildman–Crippen LogP) is 3.57. The van der Waals surface area contributed by atoms with E-state index in [2.05, 4.69) is 15.9 Å². The van der Waals surface area contributed by atoms with Crippen LogP contribution in [0.3, 0.4) is 0 Å².